The topological polar surface area (TPSA) is 207 Å². The van der Waals surface area contributed by atoms with Gasteiger partial charge in [0, 0.05) is 26.1 Å². The van der Waals surface area contributed by atoms with Gasteiger partial charge < -0.3 is 33.2 Å². The van der Waals surface area contributed by atoms with Gasteiger partial charge in [-0.05, 0) is 12.8 Å². The Hall–Kier alpha value is -3.05. The van der Waals surface area contributed by atoms with E-state index in [2.05, 4.69) is 20.6 Å². The molecule has 0 saturated carbocycles. The van der Waals surface area contributed by atoms with Crippen LogP contribution in [0.3, 0.4) is 0 Å². The Morgan fingerprint density at radius 1 is 1.27 bits per heavy atom. The Labute approximate surface area is 152 Å². The van der Waals surface area contributed by atoms with Gasteiger partial charge in [0.15, 0.2) is 11.9 Å². The highest BCUT2D eigenvalue weighted by Crippen LogP contribution is 2.13. The highest BCUT2D eigenvalue weighted by atomic mass is 16.2. The second-order valence-corrected chi connectivity index (χ2v) is 5.59. The van der Waals surface area contributed by atoms with E-state index >= 15 is 0 Å². The van der Waals surface area contributed by atoms with Crippen molar-refractivity contribution in [2.45, 2.75) is 38.8 Å². The number of carbonyl (C=O) groups excluding carboxylic acids is 3. The fourth-order valence-corrected chi connectivity index (χ4v) is 2.33. The third kappa shape index (κ3) is 7.68. The summed E-state index contributed by atoms with van der Waals surface area (Å²) in [5.41, 5.74) is 20.9. The molecule has 0 aromatic heterocycles. The Morgan fingerprint density at radius 2 is 1.92 bits per heavy atom. The minimum absolute atomic E-state index is 0. The van der Waals surface area contributed by atoms with E-state index in [0.29, 0.717) is 19.4 Å². The van der Waals surface area contributed by atoms with Crippen LogP contribution in [-0.4, -0.2) is 66.9 Å². The molecule has 0 bridgehead atoms. The molecular formula is C14H29N9O3. The molecule has 4 amide bonds. The lowest BCUT2D eigenvalue weighted by Crippen LogP contribution is -2.48. The van der Waals surface area contributed by atoms with Gasteiger partial charge in [0.2, 0.25) is 11.8 Å². The van der Waals surface area contributed by atoms with Crippen molar-refractivity contribution < 1.29 is 14.4 Å². The van der Waals surface area contributed by atoms with Crippen LogP contribution in [0.15, 0.2) is 9.98 Å². The maximum Gasteiger partial charge on any atom is 0.318 e. The molecule has 1 rings (SSSR count). The minimum Gasteiger partial charge on any atom is -0.370 e. The molecule has 12 nitrogen and oxygen atoms in total. The average molecular weight is 371 g/mol. The normalized spacial score (nSPS) is 20.5. The molecule has 1 saturated heterocycles. The summed E-state index contributed by atoms with van der Waals surface area (Å²) >= 11 is 0. The summed E-state index contributed by atoms with van der Waals surface area (Å²) in [4.78, 5) is 44.3. The van der Waals surface area contributed by atoms with Crippen molar-refractivity contribution in [3.8, 4) is 0 Å². The first-order chi connectivity index (χ1) is 11.7. The molecule has 10 N–H and O–H groups in total. The number of nitrogens with one attached hydrogen (secondary N) is 2. The Morgan fingerprint density at radius 3 is 2.50 bits per heavy atom. The van der Waals surface area contributed by atoms with Gasteiger partial charge >= 0.3 is 6.03 Å². The predicted molar refractivity (Wildman–Crippen MR) is 99.0 cm³/mol. The van der Waals surface area contributed by atoms with Crippen molar-refractivity contribution >= 4 is 29.8 Å². The minimum atomic E-state index is -0.864. The van der Waals surface area contributed by atoms with Crippen molar-refractivity contribution in [1.82, 2.24) is 15.5 Å². The van der Waals surface area contributed by atoms with E-state index in [1.807, 2.05) is 0 Å². The van der Waals surface area contributed by atoms with Crippen molar-refractivity contribution in [1.29, 1.82) is 0 Å². The standard InChI is InChI=1S/C13H25N9O3.CH4/c1-22-8(6-19-12(16)21-13(17)25)10(24)20-7(5-9(22)23)3-2-4-18-11(14)15;/h7-8H,2-6H2,1H3,(H,20,24)(H4,14,15,18)(H5,16,17,19,21,25);1H4/t7-,8+;/m0./s1. The van der Waals surface area contributed by atoms with Crippen LogP contribution in [0, 0.1) is 0 Å². The van der Waals surface area contributed by atoms with Crippen LogP contribution in [0.1, 0.15) is 26.7 Å². The van der Waals surface area contributed by atoms with E-state index in [1.165, 1.54) is 11.9 Å². The molecule has 1 aliphatic heterocycles. The van der Waals surface area contributed by atoms with E-state index in [0.717, 1.165) is 0 Å². The average Bonchev–Trinajstić information content (AvgIpc) is 2.59. The molecule has 1 fully saturated rings. The number of likely N-dealkylation sites (N-methyl/N-ethyl adjacent to an activating group) is 1. The third-order valence-electron chi connectivity index (χ3n) is 3.62. The number of nitrogens with zero attached hydrogens (tertiary/aromatic N) is 3. The quantitative estimate of drug-likeness (QED) is 0.167. The predicted octanol–water partition coefficient (Wildman–Crippen LogP) is -2.63. The summed E-state index contributed by atoms with van der Waals surface area (Å²) in [5, 5.41) is 4.90. The Balaban J connectivity index is 0.00000625. The first-order valence-electron chi connectivity index (χ1n) is 7.68. The van der Waals surface area contributed by atoms with Crippen molar-refractivity contribution in [3.05, 3.63) is 0 Å². The summed E-state index contributed by atoms with van der Waals surface area (Å²) in [5.74, 6) is -0.775. The summed E-state index contributed by atoms with van der Waals surface area (Å²) in [7, 11) is 1.52. The number of nitrogens with two attached hydrogens (primary N) is 4. The van der Waals surface area contributed by atoms with Crippen LogP contribution in [-0.2, 0) is 9.59 Å². The van der Waals surface area contributed by atoms with Crippen LogP contribution in [0.5, 0.6) is 0 Å². The van der Waals surface area contributed by atoms with Gasteiger partial charge in [-0.3, -0.25) is 24.9 Å². The number of urea groups is 1. The van der Waals surface area contributed by atoms with Gasteiger partial charge in [0.25, 0.3) is 0 Å². The van der Waals surface area contributed by atoms with Gasteiger partial charge in [0.05, 0.1) is 6.54 Å². The van der Waals surface area contributed by atoms with E-state index in [4.69, 9.17) is 22.9 Å². The number of aliphatic imine (C=N–C) groups is 2. The third-order valence-corrected chi connectivity index (χ3v) is 3.62. The van der Waals surface area contributed by atoms with Crippen LogP contribution < -0.4 is 33.6 Å². The van der Waals surface area contributed by atoms with Gasteiger partial charge in [-0.15, -0.1) is 0 Å². The molecule has 0 aromatic rings. The monoisotopic (exact) mass is 371 g/mol. The van der Waals surface area contributed by atoms with E-state index in [-0.39, 0.29) is 50.2 Å². The van der Waals surface area contributed by atoms with Crippen LogP contribution >= 0.6 is 0 Å². The van der Waals surface area contributed by atoms with Crippen LogP contribution in [0.25, 0.3) is 0 Å². The number of guanidine groups is 2. The molecule has 0 aliphatic carbocycles. The summed E-state index contributed by atoms with van der Waals surface area (Å²) in [6.45, 7) is 0.322. The van der Waals surface area contributed by atoms with Gasteiger partial charge in [0.1, 0.15) is 6.04 Å². The zero-order chi connectivity index (χ0) is 19.0. The van der Waals surface area contributed by atoms with E-state index in [1.54, 1.807) is 0 Å². The fraction of sp³-hybridized carbons (Fsp3) is 0.643. The maximum atomic E-state index is 12.4. The van der Waals surface area contributed by atoms with Gasteiger partial charge in [-0.2, -0.15) is 0 Å². The molecule has 1 aliphatic rings. The lowest BCUT2D eigenvalue weighted by atomic mass is 10.1. The molecule has 2 atom stereocenters. The van der Waals surface area contributed by atoms with Gasteiger partial charge in [-0.25, -0.2) is 4.79 Å². The number of amides is 4. The smallest absolute Gasteiger partial charge is 0.318 e. The highest BCUT2D eigenvalue weighted by Gasteiger charge is 2.33. The van der Waals surface area contributed by atoms with Crippen molar-refractivity contribution in [2.75, 3.05) is 20.1 Å². The number of primary amides is 1. The largest absolute Gasteiger partial charge is 0.370 e. The Kier molecular flexibility index (Phi) is 9.48. The molecule has 0 radical (unpaired) electrons. The summed E-state index contributed by atoms with van der Waals surface area (Å²) < 4.78 is 0. The van der Waals surface area contributed by atoms with E-state index < -0.39 is 12.1 Å². The molecule has 26 heavy (non-hydrogen) atoms. The van der Waals surface area contributed by atoms with Crippen LogP contribution in [0.2, 0.25) is 0 Å². The number of hydrogen-bond donors (Lipinski definition) is 6. The molecule has 0 unspecified atom stereocenters. The fourth-order valence-electron chi connectivity index (χ4n) is 2.33. The zero-order valence-electron chi connectivity index (χ0n) is 14.1. The lowest BCUT2D eigenvalue weighted by molar-refractivity contribution is -0.135. The van der Waals surface area contributed by atoms with Crippen LogP contribution in [0.4, 0.5) is 4.79 Å². The van der Waals surface area contributed by atoms with Crippen molar-refractivity contribution in [3.63, 3.8) is 0 Å². The molecule has 0 aromatic carbocycles. The summed E-state index contributed by atoms with van der Waals surface area (Å²) in [6.07, 6.45) is 1.35. The molecule has 148 valence electrons. The second-order valence-electron chi connectivity index (χ2n) is 5.59. The number of carbonyl (C=O) groups is 3. The molecule has 1 heterocycles. The highest BCUT2D eigenvalue weighted by molar-refractivity contribution is 5.95. The van der Waals surface area contributed by atoms with E-state index in [9.17, 15) is 14.4 Å². The molecule has 0 spiro atoms. The maximum absolute atomic E-state index is 12.4. The second kappa shape index (κ2) is 10.7. The van der Waals surface area contributed by atoms with Crippen molar-refractivity contribution in [2.24, 2.45) is 32.9 Å². The van der Waals surface area contributed by atoms with Gasteiger partial charge in [-0.1, -0.05) is 7.43 Å². The number of rotatable bonds is 6. The molecule has 12 heteroatoms. The SMILES string of the molecule is C.CN1C(=O)C[C@H](CCCN=C(N)N)NC(=O)[C@H]1CN=C(N)NC(N)=O. The Bertz CT molecular complexity index is 572. The summed E-state index contributed by atoms with van der Waals surface area (Å²) in [6, 6.07) is -2.01. The lowest BCUT2D eigenvalue weighted by Gasteiger charge is -2.22. The molecular weight excluding hydrogens is 342 g/mol. The first kappa shape index (κ1) is 22.9. The number of hydrogen-bond acceptors (Lipinski definition) is 5. The zero-order valence-corrected chi connectivity index (χ0v) is 14.1. The first-order valence-corrected chi connectivity index (χ1v) is 7.68.